The number of carbonyl (C=O) groups is 1. The summed E-state index contributed by atoms with van der Waals surface area (Å²) in [5, 5.41) is 3.34. The van der Waals surface area contributed by atoms with E-state index in [1.54, 1.807) is 12.1 Å². The number of nitrogens with two attached hydrogens (primary N) is 1. The molecule has 4 nitrogen and oxygen atoms in total. The molecule has 0 saturated carbocycles. The van der Waals surface area contributed by atoms with E-state index in [0.29, 0.717) is 27.5 Å². The molecule has 0 radical (unpaired) electrons. The van der Waals surface area contributed by atoms with Crippen molar-refractivity contribution in [2.24, 2.45) is 11.7 Å². The SMILES string of the molecule is CCCC(CN)C(=O)Nc1cc(Cl)cc(Br)c1OC. The number of benzene rings is 1. The number of anilines is 1. The molecule has 1 rings (SSSR count). The zero-order valence-corrected chi connectivity index (χ0v) is 13.3. The summed E-state index contributed by atoms with van der Waals surface area (Å²) in [4.78, 5) is 12.1. The molecule has 1 aromatic rings. The zero-order chi connectivity index (χ0) is 14.4. The van der Waals surface area contributed by atoms with Crippen molar-refractivity contribution in [1.29, 1.82) is 0 Å². The number of hydrogen-bond acceptors (Lipinski definition) is 3. The molecule has 0 aliphatic carbocycles. The van der Waals surface area contributed by atoms with Crippen LogP contribution in [-0.2, 0) is 4.79 Å². The molecule has 1 unspecified atom stereocenters. The van der Waals surface area contributed by atoms with E-state index in [2.05, 4.69) is 21.2 Å². The minimum atomic E-state index is -0.201. The van der Waals surface area contributed by atoms with Crippen molar-refractivity contribution < 1.29 is 9.53 Å². The third kappa shape index (κ3) is 4.37. The maximum atomic E-state index is 12.1. The second-order valence-corrected chi connectivity index (χ2v) is 5.47. The van der Waals surface area contributed by atoms with E-state index in [4.69, 9.17) is 22.1 Å². The number of ether oxygens (including phenoxy) is 1. The summed E-state index contributed by atoms with van der Waals surface area (Å²) in [7, 11) is 1.54. The molecule has 0 heterocycles. The standard InChI is InChI=1S/C13H18BrClN2O2/c1-3-4-8(7-16)13(18)17-11-6-9(15)5-10(14)12(11)19-2/h5-6,8H,3-4,7,16H2,1-2H3,(H,17,18). The topological polar surface area (TPSA) is 64.4 Å². The summed E-state index contributed by atoms with van der Waals surface area (Å²) >= 11 is 9.32. The molecule has 0 bridgehead atoms. The van der Waals surface area contributed by atoms with Gasteiger partial charge in [0.15, 0.2) is 5.75 Å². The van der Waals surface area contributed by atoms with Gasteiger partial charge in [-0.2, -0.15) is 0 Å². The van der Waals surface area contributed by atoms with E-state index in [-0.39, 0.29) is 11.8 Å². The molecule has 0 aliphatic rings. The highest BCUT2D eigenvalue weighted by Gasteiger charge is 2.18. The molecule has 106 valence electrons. The first kappa shape index (κ1) is 16.3. The van der Waals surface area contributed by atoms with Crippen LogP contribution in [0.2, 0.25) is 5.02 Å². The summed E-state index contributed by atoms with van der Waals surface area (Å²) in [5.41, 5.74) is 6.16. The number of carbonyl (C=O) groups excluding carboxylic acids is 1. The van der Waals surface area contributed by atoms with Crippen LogP contribution >= 0.6 is 27.5 Å². The van der Waals surface area contributed by atoms with Crippen molar-refractivity contribution in [1.82, 2.24) is 0 Å². The fraction of sp³-hybridized carbons (Fsp3) is 0.462. The Hall–Kier alpha value is -0.780. The molecule has 0 fully saturated rings. The lowest BCUT2D eigenvalue weighted by molar-refractivity contribution is -0.119. The molecule has 1 amide bonds. The molecule has 6 heteroatoms. The fourth-order valence-corrected chi connectivity index (χ4v) is 2.77. The van der Waals surface area contributed by atoms with Crippen LogP contribution in [0.15, 0.2) is 16.6 Å². The third-order valence-corrected chi connectivity index (χ3v) is 3.57. The number of nitrogens with one attached hydrogen (secondary N) is 1. The molecule has 0 aromatic heterocycles. The Morgan fingerprint density at radius 2 is 2.26 bits per heavy atom. The van der Waals surface area contributed by atoms with Crippen molar-refractivity contribution in [2.45, 2.75) is 19.8 Å². The van der Waals surface area contributed by atoms with Gasteiger partial charge >= 0.3 is 0 Å². The monoisotopic (exact) mass is 348 g/mol. The van der Waals surface area contributed by atoms with E-state index in [1.807, 2.05) is 6.92 Å². The predicted octanol–water partition coefficient (Wildman–Crippen LogP) is 3.42. The minimum Gasteiger partial charge on any atom is -0.493 e. The van der Waals surface area contributed by atoms with Gasteiger partial charge in [-0.3, -0.25) is 4.79 Å². The van der Waals surface area contributed by atoms with Crippen LogP contribution in [0.5, 0.6) is 5.75 Å². The van der Waals surface area contributed by atoms with Crippen LogP contribution < -0.4 is 15.8 Å². The average molecular weight is 350 g/mol. The molecular formula is C13H18BrClN2O2. The Balaban J connectivity index is 2.95. The number of amides is 1. The van der Waals surface area contributed by atoms with E-state index in [1.165, 1.54) is 7.11 Å². The van der Waals surface area contributed by atoms with Gasteiger partial charge in [0.2, 0.25) is 5.91 Å². The van der Waals surface area contributed by atoms with Crippen LogP contribution in [0, 0.1) is 5.92 Å². The third-order valence-electron chi connectivity index (χ3n) is 2.76. The van der Waals surface area contributed by atoms with Crippen LogP contribution in [0.4, 0.5) is 5.69 Å². The number of methoxy groups -OCH3 is 1. The summed E-state index contributed by atoms with van der Waals surface area (Å²) in [5.74, 6) is 0.231. The Kier molecular flexibility index (Phi) is 6.62. The van der Waals surface area contributed by atoms with Crippen LogP contribution in [-0.4, -0.2) is 19.6 Å². The van der Waals surface area contributed by atoms with Gasteiger partial charge in [0.1, 0.15) is 0 Å². The van der Waals surface area contributed by atoms with E-state index in [9.17, 15) is 4.79 Å². The first-order valence-electron chi connectivity index (χ1n) is 6.07. The van der Waals surface area contributed by atoms with Gasteiger partial charge in [-0.05, 0) is 34.5 Å². The average Bonchev–Trinajstić information content (AvgIpc) is 2.35. The van der Waals surface area contributed by atoms with Crippen LogP contribution in [0.3, 0.4) is 0 Å². The van der Waals surface area contributed by atoms with Crippen molar-refractivity contribution in [2.75, 3.05) is 19.0 Å². The van der Waals surface area contributed by atoms with Crippen LogP contribution in [0.1, 0.15) is 19.8 Å². The van der Waals surface area contributed by atoms with Gasteiger partial charge in [0, 0.05) is 11.6 Å². The second-order valence-electron chi connectivity index (χ2n) is 4.18. The van der Waals surface area contributed by atoms with Gasteiger partial charge in [-0.1, -0.05) is 24.9 Å². The fourth-order valence-electron chi connectivity index (χ4n) is 1.80. The second kappa shape index (κ2) is 7.72. The molecule has 1 atom stereocenters. The highest BCUT2D eigenvalue weighted by Crippen LogP contribution is 2.36. The molecule has 3 N–H and O–H groups in total. The molecule has 19 heavy (non-hydrogen) atoms. The molecule has 0 aliphatic heterocycles. The van der Waals surface area contributed by atoms with Crippen LogP contribution in [0.25, 0.3) is 0 Å². The lowest BCUT2D eigenvalue weighted by atomic mass is 10.0. The predicted molar refractivity (Wildman–Crippen MR) is 81.8 cm³/mol. The Morgan fingerprint density at radius 1 is 1.58 bits per heavy atom. The largest absolute Gasteiger partial charge is 0.493 e. The Bertz CT molecular complexity index is 455. The number of halogens is 2. The lowest BCUT2D eigenvalue weighted by Crippen LogP contribution is -2.29. The van der Waals surface area contributed by atoms with Crippen molar-refractivity contribution in [3.8, 4) is 5.75 Å². The zero-order valence-electron chi connectivity index (χ0n) is 11.0. The van der Waals surface area contributed by atoms with Gasteiger partial charge in [0.25, 0.3) is 0 Å². The minimum absolute atomic E-state index is 0.114. The molecular weight excluding hydrogens is 332 g/mol. The Labute approximate surface area is 126 Å². The smallest absolute Gasteiger partial charge is 0.228 e. The van der Waals surface area contributed by atoms with E-state index < -0.39 is 0 Å². The quantitative estimate of drug-likeness (QED) is 0.827. The number of rotatable bonds is 6. The normalized spacial score (nSPS) is 12.1. The van der Waals surface area contributed by atoms with Crippen molar-refractivity contribution in [3.05, 3.63) is 21.6 Å². The summed E-state index contributed by atoms with van der Waals surface area (Å²) in [6.07, 6.45) is 1.66. The highest BCUT2D eigenvalue weighted by molar-refractivity contribution is 9.10. The van der Waals surface area contributed by atoms with Crippen molar-refractivity contribution in [3.63, 3.8) is 0 Å². The van der Waals surface area contributed by atoms with Gasteiger partial charge < -0.3 is 15.8 Å². The maximum Gasteiger partial charge on any atom is 0.228 e. The summed E-state index contributed by atoms with van der Waals surface area (Å²) < 4.78 is 5.95. The number of hydrogen-bond donors (Lipinski definition) is 2. The lowest BCUT2D eigenvalue weighted by Gasteiger charge is -2.16. The summed E-state index contributed by atoms with van der Waals surface area (Å²) in [6, 6.07) is 3.37. The van der Waals surface area contributed by atoms with E-state index >= 15 is 0 Å². The molecule has 0 saturated heterocycles. The van der Waals surface area contributed by atoms with Crippen molar-refractivity contribution >= 4 is 39.1 Å². The molecule has 1 aromatic carbocycles. The first-order chi connectivity index (χ1) is 9.03. The maximum absolute atomic E-state index is 12.1. The Morgan fingerprint density at radius 3 is 2.79 bits per heavy atom. The summed E-state index contributed by atoms with van der Waals surface area (Å²) in [6.45, 7) is 2.34. The van der Waals surface area contributed by atoms with Gasteiger partial charge in [-0.15, -0.1) is 0 Å². The molecule has 0 spiro atoms. The first-order valence-corrected chi connectivity index (χ1v) is 7.24. The van der Waals surface area contributed by atoms with Gasteiger partial charge in [-0.25, -0.2) is 0 Å². The van der Waals surface area contributed by atoms with Gasteiger partial charge in [0.05, 0.1) is 23.2 Å². The van der Waals surface area contributed by atoms with E-state index in [0.717, 1.165) is 12.8 Å². The highest BCUT2D eigenvalue weighted by atomic mass is 79.9.